The molecule has 6 nitrogen and oxygen atoms in total. The van der Waals surface area contributed by atoms with Crippen molar-refractivity contribution in [3.8, 4) is 11.5 Å². The first kappa shape index (κ1) is 10.6. The summed E-state index contributed by atoms with van der Waals surface area (Å²) >= 11 is 0. The van der Waals surface area contributed by atoms with E-state index in [9.17, 15) is 8.42 Å². The van der Waals surface area contributed by atoms with Crippen molar-refractivity contribution >= 4 is 15.8 Å². The molecule has 16 heavy (non-hydrogen) atoms. The summed E-state index contributed by atoms with van der Waals surface area (Å²) in [4.78, 5) is 7.55. The normalized spacial score (nSPS) is 11.6. The molecule has 84 valence electrons. The second-order valence-electron chi connectivity index (χ2n) is 3.20. The molecule has 2 rings (SSSR count). The molecule has 0 saturated heterocycles. The summed E-state index contributed by atoms with van der Waals surface area (Å²) in [7, 11) is -3.41. The Bertz CT molecular complexity index is 605. The molecule has 0 atom stereocenters. The first-order valence-electron chi connectivity index (χ1n) is 4.35. The topological polar surface area (TPSA) is 99.1 Å². The molecule has 0 bridgehead atoms. The number of hydrogen-bond acceptors (Lipinski definition) is 6. The Balaban J connectivity index is 2.62. The average molecular weight is 239 g/mol. The Morgan fingerprint density at radius 2 is 2.12 bits per heavy atom. The van der Waals surface area contributed by atoms with E-state index in [-0.39, 0.29) is 11.0 Å². The third-order valence-corrected chi connectivity index (χ3v) is 2.84. The van der Waals surface area contributed by atoms with E-state index in [2.05, 4.69) is 9.97 Å². The Hall–Kier alpha value is -1.89. The second-order valence-corrected chi connectivity index (χ2v) is 5.16. The van der Waals surface area contributed by atoms with Crippen LogP contribution in [-0.4, -0.2) is 24.6 Å². The third kappa shape index (κ3) is 2.03. The van der Waals surface area contributed by atoms with E-state index in [1.54, 1.807) is 12.1 Å². The number of sulfone groups is 1. The molecular formula is C9H9N3O3S. The van der Waals surface area contributed by atoms with Gasteiger partial charge in [0.15, 0.2) is 20.6 Å². The number of nitrogen functional groups attached to an aromatic ring is 1. The summed E-state index contributed by atoms with van der Waals surface area (Å²) < 4.78 is 27.8. The molecular weight excluding hydrogens is 230 g/mol. The standard InChI is InChI=1S/C9H9N3O3S/c1-16(13,14)8-5-6(11-9(10)12-8)7-3-2-4-15-7/h2-5H,1H3,(H2,10,11,12). The van der Waals surface area contributed by atoms with Crippen LogP contribution in [-0.2, 0) is 9.84 Å². The lowest BCUT2D eigenvalue weighted by Gasteiger charge is -2.01. The number of hydrogen-bond donors (Lipinski definition) is 1. The van der Waals surface area contributed by atoms with E-state index in [1.165, 1.54) is 12.3 Å². The van der Waals surface area contributed by atoms with E-state index in [1.807, 2.05) is 0 Å². The van der Waals surface area contributed by atoms with Gasteiger partial charge in [-0.25, -0.2) is 18.4 Å². The molecule has 2 aromatic rings. The predicted octanol–water partition coefficient (Wildman–Crippen LogP) is 0.722. The average Bonchev–Trinajstić information content (AvgIpc) is 2.68. The smallest absolute Gasteiger partial charge is 0.221 e. The Morgan fingerprint density at radius 3 is 2.69 bits per heavy atom. The number of furan rings is 1. The molecule has 2 heterocycles. The molecule has 2 N–H and O–H groups in total. The minimum absolute atomic E-state index is 0.102. The van der Waals surface area contributed by atoms with Crippen LogP contribution in [0.5, 0.6) is 0 Å². The fraction of sp³-hybridized carbons (Fsp3) is 0.111. The Morgan fingerprint density at radius 1 is 1.38 bits per heavy atom. The van der Waals surface area contributed by atoms with Crippen molar-refractivity contribution in [1.82, 2.24) is 9.97 Å². The summed E-state index contributed by atoms with van der Waals surface area (Å²) in [5.41, 5.74) is 5.78. The zero-order chi connectivity index (χ0) is 11.8. The summed E-state index contributed by atoms with van der Waals surface area (Å²) in [6.07, 6.45) is 2.52. The van der Waals surface area contributed by atoms with Crippen LogP contribution in [0.25, 0.3) is 11.5 Å². The van der Waals surface area contributed by atoms with Gasteiger partial charge in [0, 0.05) is 12.3 Å². The second kappa shape index (κ2) is 3.60. The van der Waals surface area contributed by atoms with Crippen LogP contribution >= 0.6 is 0 Å². The number of nitrogens with zero attached hydrogens (tertiary/aromatic N) is 2. The third-order valence-electron chi connectivity index (χ3n) is 1.87. The summed E-state index contributed by atoms with van der Waals surface area (Å²) in [5, 5.41) is -0.119. The maximum Gasteiger partial charge on any atom is 0.221 e. The van der Waals surface area contributed by atoms with Gasteiger partial charge in [0.25, 0.3) is 0 Å². The zero-order valence-corrected chi connectivity index (χ0v) is 9.23. The molecule has 0 aliphatic heterocycles. The molecule has 0 fully saturated rings. The van der Waals surface area contributed by atoms with Crippen LogP contribution in [0.4, 0.5) is 5.95 Å². The summed E-state index contributed by atoms with van der Waals surface area (Å²) in [6, 6.07) is 4.66. The van der Waals surface area contributed by atoms with Crippen molar-refractivity contribution in [3.63, 3.8) is 0 Å². The predicted molar refractivity (Wildman–Crippen MR) is 57.3 cm³/mol. The van der Waals surface area contributed by atoms with Crippen molar-refractivity contribution in [1.29, 1.82) is 0 Å². The molecule has 7 heteroatoms. The number of rotatable bonds is 2. The fourth-order valence-electron chi connectivity index (χ4n) is 1.18. The van der Waals surface area contributed by atoms with Gasteiger partial charge in [0.05, 0.1) is 6.26 Å². The maximum atomic E-state index is 11.3. The van der Waals surface area contributed by atoms with Gasteiger partial charge in [0.1, 0.15) is 5.69 Å². The van der Waals surface area contributed by atoms with Crippen LogP contribution in [0.15, 0.2) is 33.9 Å². The van der Waals surface area contributed by atoms with Crippen LogP contribution in [0.2, 0.25) is 0 Å². The molecule has 0 aromatic carbocycles. The van der Waals surface area contributed by atoms with Crippen LogP contribution in [0.3, 0.4) is 0 Å². The number of anilines is 1. The van der Waals surface area contributed by atoms with Crippen molar-refractivity contribution in [2.75, 3.05) is 12.0 Å². The van der Waals surface area contributed by atoms with Gasteiger partial charge in [-0.3, -0.25) is 0 Å². The highest BCUT2D eigenvalue weighted by Gasteiger charge is 2.14. The summed E-state index contributed by atoms with van der Waals surface area (Å²) in [5.74, 6) is 0.341. The maximum absolute atomic E-state index is 11.3. The van der Waals surface area contributed by atoms with Crippen LogP contribution < -0.4 is 5.73 Å². The van der Waals surface area contributed by atoms with Crippen molar-refractivity contribution in [3.05, 3.63) is 24.5 Å². The number of nitrogens with two attached hydrogens (primary N) is 1. The Labute approximate surface area is 92.1 Å². The molecule has 0 spiro atoms. The van der Waals surface area contributed by atoms with E-state index in [4.69, 9.17) is 10.2 Å². The lowest BCUT2D eigenvalue weighted by Crippen LogP contribution is -2.05. The monoisotopic (exact) mass is 239 g/mol. The van der Waals surface area contributed by atoms with Crippen molar-refractivity contribution in [2.45, 2.75) is 5.03 Å². The molecule has 0 saturated carbocycles. The molecule has 0 amide bonds. The van der Waals surface area contributed by atoms with Crippen molar-refractivity contribution in [2.24, 2.45) is 0 Å². The van der Waals surface area contributed by atoms with E-state index < -0.39 is 9.84 Å². The first-order valence-corrected chi connectivity index (χ1v) is 6.24. The van der Waals surface area contributed by atoms with Crippen LogP contribution in [0, 0.1) is 0 Å². The van der Waals surface area contributed by atoms with Gasteiger partial charge in [-0.15, -0.1) is 0 Å². The van der Waals surface area contributed by atoms with E-state index in [0.717, 1.165) is 6.26 Å². The van der Waals surface area contributed by atoms with E-state index >= 15 is 0 Å². The van der Waals surface area contributed by atoms with Gasteiger partial charge in [-0.05, 0) is 12.1 Å². The van der Waals surface area contributed by atoms with Crippen molar-refractivity contribution < 1.29 is 12.8 Å². The molecule has 0 aliphatic rings. The molecule has 2 aromatic heterocycles. The molecule has 0 radical (unpaired) electrons. The quantitative estimate of drug-likeness (QED) is 0.775. The van der Waals surface area contributed by atoms with Gasteiger partial charge >= 0.3 is 0 Å². The highest BCUT2D eigenvalue weighted by Crippen LogP contribution is 2.20. The molecule has 0 unspecified atom stereocenters. The largest absolute Gasteiger partial charge is 0.463 e. The van der Waals surface area contributed by atoms with Gasteiger partial charge in [-0.1, -0.05) is 0 Å². The van der Waals surface area contributed by atoms with Gasteiger partial charge in [-0.2, -0.15) is 0 Å². The highest BCUT2D eigenvalue weighted by molar-refractivity contribution is 7.90. The highest BCUT2D eigenvalue weighted by atomic mass is 32.2. The van der Waals surface area contributed by atoms with Gasteiger partial charge in [0.2, 0.25) is 5.95 Å². The SMILES string of the molecule is CS(=O)(=O)c1cc(-c2ccco2)nc(N)n1. The van der Waals surface area contributed by atoms with Gasteiger partial charge < -0.3 is 10.2 Å². The lowest BCUT2D eigenvalue weighted by atomic mass is 10.3. The van der Waals surface area contributed by atoms with E-state index in [0.29, 0.717) is 11.5 Å². The number of aromatic nitrogens is 2. The lowest BCUT2D eigenvalue weighted by molar-refractivity contribution is 0.579. The molecule has 0 aliphatic carbocycles. The minimum atomic E-state index is -3.41. The minimum Gasteiger partial charge on any atom is -0.463 e. The Kier molecular flexibility index (Phi) is 2.39. The fourth-order valence-corrected chi connectivity index (χ4v) is 1.77. The zero-order valence-electron chi connectivity index (χ0n) is 8.41. The van der Waals surface area contributed by atoms with Crippen LogP contribution in [0.1, 0.15) is 0 Å². The summed E-state index contributed by atoms with van der Waals surface area (Å²) in [6.45, 7) is 0. The first-order chi connectivity index (χ1) is 7.47.